The standard InChI is InChI=1S/C21H29F5S/c1-2-3-15-4-6-16(7-5-15)17-12-13-21(23,20(22)14-17)18-8-10-19(11-9-18)27(24,25)26/h8-11,15-17,20H,2-7,12-14H2,1H3. The van der Waals surface area contributed by atoms with E-state index in [1.807, 2.05) is 0 Å². The van der Waals surface area contributed by atoms with Gasteiger partial charge in [-0.15, -0.1) is 11.7 Å². The molecule has 2 aliphatic carbocycles. The zero-order chi connectivity index (χ0) is 19.7. The fourth-order valence-corrected chi connectivity index (χ4v) is 5.56. The molecule has 27 heavy (non-hydrogen) atoms. The van der Waals surface area contributed by atoms with Gasteiger partial charge in [-0.05, 0) is 67.6 Å². The van der Waals surface area contributed by atoms with Gasteiger partial charge in [0, 0.05) is 0 Å². The lowest BCUT2D eigenvalue weighted by Gasteiger charge is -2.42. The summed E-state index contributed by atoms with van der Waals surface area (Å²) in [6.07, 6.45) is 6.26. The number of halogens is 5. The minimum Gasteiger partial charge on any atom is -0.244 e. The van der Waals surface area contributed by atoms with Gasteiger partial charge in [-0.3, -0.25) is 0 Å². The predicted octanol–water partition coefficient (Wildman–Crippen LogP) is 8.41. The Balaban J connectivity index is 1.62. The second-order valence-corrected chi connectivity index (χ2v) is 9.65. The SMILES string of the molecule is CCCC1CCC(C2CCC(F)(c3ccc(S(F)(F)F)cc3)C(F)C2)CC1. The van der Waals surface area contributed by atoms with Crippen molar-refractivity contribution in [3.05, 3.63) is 29.8 Å². The summed E-state index contributed by atoms with van der Waals surface area (Å²) < 4.78 is 68.6. The fraction of sp³-hybridized carbons (Fsp3) is 0.714. The molecule has 0 saturated heterocycles. The molecule has 0 bridgehead atoms. The van der Waals surface area contributed by atoms with Crippen LogP contribution in [0.5, 0.6) is 0 Å². The number of hydrogen-bond acceptors (Lipinski definition) is 0. The van der Waals surface area contributed by atoms with E-state index in [0.717, 1.165) is 43.0 Å². The van der Waals surface area contributed by atoms with Crippen molar-refractivity contribution in [1.29, 1.82) is 0 Å². The van der Waals surface area contributed by atoms with Crippen LogP contribution in [0.15, 0.2) is 29.2 Å². The molecule has 6 heteroatoms. The van der Waals surface area contributed by atoms with Crippen molar-refractivity contribution in [2.45, 2.75) is 81.4 Å². The van der Waals surface area contributed by atoms with Crippen LogP contribution in [-0.2, 0) is 5.67 Å². The van der Waals surface area contributed by atoms with Crippen LogP contribution in [0.2, 0.25) is 0 Å². The Morgan fingerprint density at radius 3 is 2.11 bits per heavy atom. The lowest BCUT2D eigenvalue weighted by atomic mass is 9.66. The highest BCUT2D eigenvalue weighted by atomic mass is 32.3. The molecule has 2 fully saturated rings. The van der Waals surface area contributed by atoms with Gasteiger partial charge in [0.05, 0.1) is 4.90 Å². The molecule has 0 heterocycles. The van der Waals surface area contributed by atoms with Crippen molar-refractivity contribution in [2.24, 2.45) is 17.8 Å². The van der Waals surface area contributed by atoms with Crippen molar-refractivity contribution >= 4 is 11.2 Å². The van der Waals surface area contributed by atoms with E-state index in [0.29, 0.717) is 12.3 Å². The number of rotatable bonds is 5. The van der Waals surface area contributed by atoms with Crippen molar-refractivity contribution in [1.82, 2.24) is 0 Å². The molecule has 1 aromatic carbocycles. The van der Waals surface area contributed by atoms with Crippen molar-refractivity contribution in [3.8, 4) is 0 Å². The average Bonchev–Trinajstić information content (AvgIpc) is 2.64. The summed E-state index contributed by atoms with van der Waals surface area (Å²) in [6, 6.07) is 4.02. The topological polar surface area (TPSA) is 0 Å². The predicted molar refractivity (Wildman–Crippen MR) is 101 cm³/mol. The van der Waals surface area contributed by atoms with E-state index in [9.17, 15) is 16.0 Å². The molecule has 3 unspecified atom stereocenters. The quantitative estimate of drug-likeness (QED) is 0.429. The average molecular weight is 409 g/mol. The third-order valence-electron chi connectivity index (χ3n) is 6.74. The highest BCUT2D eigenvalue weighted by molar-refractivity contribution is 8.20. The van der Waals surface area contributed by atoms with Crippen LogP contribution >= 0.6 is 11.2 Å². The minimum atomic E-state index is -5.33. The molecule has 0 nitrogen and oxygen atoms in total. The number of alkyl halides is 2. The molecule has 0 N–H and O–H groups in total. The van der Waals surface area contributed by atoms with E-state index in [1.54, 1.807) is 0 Å². The Morgan fingerprint density at radius 2 is 1.59 bits per heavy atom. The monoisotopic (exact) mass is 408 g/mol. The summed E-state index contributed by atoms with van der Waals surface area (Å²) in [4.78, 5) is -0.747. The van der Waals surface area contributed by atoms with Gasteiger partial charge in [0.1, 0.15) is 6.17 Å². The highest BCUT2D eigenvalue weighted by Gasteiger charge is 2.47. The molecule has 3 rings (SSSR count). The number of benzene rings is 1. The van der Waals surface area contributed by atoms with E-state index in [4.69, 9.17) is 0 Å². The molecule has 0 spiro atoms. The molecule has 154 valence electrons. The van der Waals surface area contributed by atoms with Crippen LogP contribution < -0.4 is 0 Å². The van der Waals surface area contributed by atoms with E-state index in [2.05, 4.69) is 6.92 Å². The summed E-state index contributed by atoms with van der Waals surface area (Å²) in [5.41, 5.74) is -2.11. The zero-order valence-corrected chi connectivity index (χ0v) is 16.6. The van der Waals surface area contributed by atoms with Gasteiger partial charge in [0.25, 0.3) is 0 Å². The minimum absolute atomic E-state index is 0.0486. The zero-order valence-electron chi connectivity index (χ0n) is 15.8. The summed E-state index contributed by atoms with van der Waals surface area (Å²) in [7, 11) is 0. The van der Waals surface area contributed by atoms with Gasteiger partial charge in [0.15, 0.2) is 5.67 Å². The maximum Gasteiger partial charge on any atom is 0.237 e. The molecule has 0 amide bonds. The van der Waals surface area contributed by atoms with Crippen LogP contribution in [0.3, 0.4) is 0 Å². The lowest BCUT2D eigenvalue weighted by Crippen LogP contribution is -2.40. The fourth-order valence-electron chi connectivity index (χ4n) is 5.12. The van der Waals surface area contributed by atoms with Crippen molar-refractivity contribution in [2.75, 3.05) is 0 Å². The normalized spacial score (nSPS) is 35.8. The first-order valence-corrected chi connectivity index (χ1v) is 11.4. The van der Waals surface area contributed by atoms with Gasteiger partial charge in [-0.1, -0.05) is 44.7 Å². The highest BCUT2D eigenvalue weighted by Crippen LogP contribution is 2.61. The first-order chi connectivity index (χ1) is 12.7. The summed E-state index contributed by atoms with van der Waals surface area (Å²) >= 11 is -5.33. The van der Waals surface area contributed by atoms with Crippen LogP contribution in [0.1, 0.15) is 70.3 Å². The van der Waals surface area contributed by atoms with Crippen LogP contribution in [0, 0.1) is 17.8 Å². The Kier molecular flexibility index (Phi) is 6.44. The van der Waals surface area contributed by atoms with Crippen LogP contribution in [0.25, 0.3) is 0 Å². The van der Waals surface area contributed by atoms with Gasteiger partial charge >= 0.3 is 0 Å². The molecule has 1 aromatic rings. The van der Waals surface area contributed by atoms with Gasteiger partial charge < -0.3 is 0 Å². The lowest BCUT2D eigenvalue weighted by molar-refractivity contribution is -0.0274. The second-order valence-electron chi connectivity index (χ2n) is 8.36. The molecule has 0 radical (unpaired) electrons. The van der Waals surface area contributed by atoms with E-state index < -0.39 is 27.9 Å². The Morgan fingerprint density at radius 1 is 0.963 bits per heavy atom. The van der Waals surface area contributed by atoms with Crippen LogP contribution in [-0.4, -0.2) is 6.17 Å². The summed E-state index contributed by atoms with van der Waals surface area (Å²) in [5, 5.41) is 0. The van der Waals surface area contributed by atoms with Gasteiger partial charge in [0.2, 0.25) is 11.2 Å². The third kappa shape index (κ3) is 4.63. The first-order valence-electron chi connectivity index (χ1n) is 10.1. The number of hydrogen-bond donors (Lipinski definition) is 0. The van der Waals surface area contributed by atoms with E-state index >= 15 is 4.39 Å². The Labute approximate surface area is 161 Å². The summed E-state index contributed by atoms with van der Waals surface area (Å²) in [5.74, 6) is 1.45. The maximum absolute atomic E-state index is 15.4. The molecular formula is C21H29F5S. The first kappa shape index (κ1) is 20.9. The van der Waals surface area contributed by atoms with Crippen LogP contribution in [0.4, 0.5) is 20.4 Å². The molecular weight excluding hydrogens is 379 g/mol. The largest absolute Gasteiger partial charge is 0.244 e. The molecule has 2 aliphatic rings. The van der Waals surface area contributed by atoms with E-state index in [-0.39, 0.29) is 24.3 Å². The third-order valence-corrected chi connectivity index (χ3v) is 7.55. The molecule has 3 atom stereocenters. The van der Waals surface area contributed by atoms with Crippen molar-refractivity contribution in [3.63, 3.8) is 0 Å². The van der Waals surface area contributed by atoms with Gasteiger partial charge in [-0.25, -0.2) is 8.78 Å². The molecule has 0 aromatic heterocycles. The maximum atomic E-state index is 15.4. The summed E-state index contributed by atoms with van der Waals surface area (Å²) in [6.45, 7) is 2.20. The van der Waals surface area contributed by atoms with Gasteiger partial charge in [-0.2, -0.15) is 0 Å². The smallest absolute Gasteiger partial charge is 0.237 e. The Bertz CT molecular complexity index is 606. The Hall–Kier alpha value is -0.780. The molecule has 0 aliphatic heterocycles. The van der Waals surface area contributed by atoms with E-state index in [1.165, 1.54) is 25.7 Å². The second kappa shape index (κ2) is 8.30. The van der Waals surface area contributed by atoms with Crippen molar-refractivity contribution < 1.29 is 20.4 Å². The molecule has 2 saturated carbocycles.